The number of aromatic amines is 1. The number of hydrogen-bond acceptors (Lipinski definition) is 4. The number of aliphatic hydroxyl groups excluding tert-OH is 1. The molecule has 0 aliphatic heterocycles. The van der Waals surface area contributed by atoms with Crippen molar-refractivity contribution in [2.75, 3.05) is 11.9 Å². The molecule has 0 spiro atoms. The van der Waals surface area contributed by atoms with Crippen LogP contribution in [0.2, 0.25) is 0 Å². The molecule has 1 atom stereocenters. The SMILES string of the molecule is OC[C@H](Cc1ccccc1)Nc1ncnc2[nH]ccc12. The third-order valence-electron chi connectivity index (χ3n) is 3.24. The van der Waals surface area contributed by atoms with E-state index in [-0.39, 0.29) is 12.6 Å². The number of H-pyrrole nitrogens is 1. The Labute approximate surface area is 116 Å². The van der Waals surface area contributed by atoms with Gasteiger partial charge >= 0.3 is 0 Å². The first kappa shape index (κ1) is 12.6. The van der Waals surface area contributed by atoms with Crippen molar-refractivity contribution in [1.82, 2.24) is 15.0 Å². The van der Waals surface area contributed by atoms with Crippen LogP contribution >= 0.6 is 0 Å². The summed E-state index contributed by atoms with van der Waals surface area (Å²) in [6, 6.07) is 11.9. The van der Waals surface area contributed by atoms with Gasteiger partial charge in [0.25, 0.3) is 0 Å². The summed E-state index contributed by atoms with van der Waals surface area (Å²) in [6.45, 7) is 0.0464. The van der Waals surface area contributed by atoms with Crippen LogP contribution in [0.4, 0.5) is 5.82 Å². The Kier molecular flexibility index (Phi) is 3.60. The molecule has 5 heteroatoms. The highest BCUT2D eigenvalue weighted by atomic mass is 16.3. The van der Waals surface area contributed by atoms with Crippen molar-refractivity contribution >= 4 is 16.9 Å². The molecule has 0 saturated carbocycles. The second-order valence-electron chi connectivity index (χ2n) is 4.68. The van der Waals surface area contributed by atoms with E-state index in [1.165, 1.54) is 11.9 Å². The first-order valence-corrected chi connectivity index (χ1v) is 6.56. The summed E-state index contributed by atoms with van der Waals surface area (Å²) in [5, 5.41) is 13.8. The van der Waals surface area contributed by atoms with Crippen molar-refractivity contribution in [1.29, 1.82) is 0 Å². The van der Waals surface area contributed by atoms with Crippen LogP contribution in [-0.2, 0) is 6.42 Å². The van der Waals surface area contributed by atoms with Crippen LogP contribution in [-0.4, -0.2) is 32.7 Å². The molecule has 0 aliphatic carbocycles. The molecule has 2 aromatic heterocycles. The van der Waals surface area contributed by atoms with Crippen LogP contribution in [0.15, 0.2) is 48.9 Å². The van der Waals surface area contributed by atoms with Gasteiger partial charge in [0.2, 0.25) is 0 Å². The number of nitrogens with zero attached hydrogens (tertiary/aromatic N) is 2. The van der Waals surface area contributed by atoms with Crippen molar-refractivity contribution in [3.05, 3.63) is 54.5 Å². The van der Waals surface area contributed by atoms with Crippen LogP contribution in [0, 0.1) is 0 Å². The minimum absolute atomic E-state index is 0.0464. The number of rotatable bonds is 5. The summed E-state index contributed by atoms with van der Waals surface area (Å²) < 4.78 is 0. The van der Waals surface area contributed by atoms with Crippen molar-refractivity contribution in [2.24, 2.45) is 0 Å². The molecule has 0 saturated heterocycles. The lowest BCUT2D eigenvalue weighted by atomic mass is 10.1. The maximum Gasteiger partial charge on any atom is 0.142 e. The van der Waals surface area contributed by atoms with Gasteiger partial charge < -0.3 is 15.4 Å². The zero-order valence-corrected chi connectivity index (χ0v) is 11.0. The molecule has 102 valence electrons. The maximum absolute atomic E-state index is 9.56. The van der Waals surface area contributed by atoms with Gasteiger partial charge in [-0.1, -0.05) is 30.3 Å². The minimum atomic E-state index is -0.0783. The van der Waals surface area contributed by atoms with E-state index in [0.717, 1.165) is 23.3 Å². The number of aromatic nitrogens is 3. The van der Waals surface area contributed by atoms with Crippen LogP contribution in [0.1, 0.15) is 5.56 Å². The summed E-state index contributed by atoms with van der Waals surface area (Å²) in [5.41, 5.74) is 1.97. The molecule has 0 radical (unpaired) electrons. The van der Waals surface area contributed by atoms with Crippen LogP contribution in [0.3, 0.4) is 0 Å². The Morgan fingerprint density at radius 1 is 1.15 bits per heavy atom. The topological polar surface area (TPSA) is 73.8 Å². The fourth-order valence-electron chi connectivity index (χ4n) is 2.24. The molecule has 0 fully saturated rings. The molecule has 0 aliphatic rings. The highest BCUT2D eigenvalue weighted by Gasteiger charge is 2.11. The van der Waals surface area contributed by atoms with E-state index in [4.69, 9.17) is 0 Å². The number of anilines is 1. The van der Waals surface area contributed by atoms with Gasteiger partial charge in [0.05, 0.1) is 18.0 Å². The van der Waals surface area contributed by atoms with Crippen molar-refractivity contribution in [3.8, 4) is 0 Å². The fraction of sp³-hybridized carbons (Fsp3) is 0.200. The quantitative estimate of drug-likeness (QED) is 0.661. The van der Waals surface area contributed by atoms with Gasteiger partial charge in [-0.05, 0) is 18.1 Å². The van der Waals surface area contributed by atoms with Gasteiger partial charge in [0.15, 0.2) is 0 Å². The Morgan fingerprint density at radius 2 is 2.00 bits per heavy atom. The van der Waals surface area contributed by atoms with Gasteiger partial charge in [-0.15, -0.1) is 0 Å². The molecule has 1 aromatic carbocycles. The number of nitrogens with one attached hydrogen (secondary N) is 2. The smallest absolute Gasteiger partial charge is 0.142 e. The van der Waals surface area contributed by atoms with Crippen LogP contribution in [0.5, 0.6) is 0 Å². The summed E-state index contributed by atoms with van der Waals surface area (Å²) in [7, 11) is 0. The molecule has 2 heterocycles. The molecule has 3 aromatic rings. The summed E-state index contributed by atoms with van der Waals surface area (Å²) in [6.07, 6.45) is 4.08. The predicted molar refractivity (Wildman–Crippen MR) is 78.5 cm³/mol. The van der Waals surface area contributed by atoms with Crippen LogP contribution in [0.25, 0.3) is 11.0 Å². The van der Waals surface area contributed by atoms with Gasteiger partial charge in [-0.2, -0.15) is 0 Å². The van der Waals surface area contributed by atoms with Gasteiger partial charge in [0.1, 0.15) is 17.8 Å². The number of hydrogen-bond donors (Lipinski definition) is 3. The Bertz CT molecular complexity index is 680. The third kappa shape index (κ3) is 2.62. The highest BCUT2D eigenvalue weighted by Crippen LogP contribution is 2.19. The molecule has 3 N–H and O–H groups in total. The zero-order chi connectivity index (χ0) is 13.8. The first-order valence-electron chi connectivity index (χ1n) is 6.56. The normalized spacial score (nSPS) is 12.4. The Hall–Kier alpha value is -2.40. The van der Waals surface area contributed by atoms with E-state index in [0.29, 0.717) is 0 Å². The summed E-state index contributed by atoms with van der Waals surface area (Å²) in [5.74, 6) is 0.742. The average Bonchev–Trinajstić information content (AvgIpc) is 2.97. The van der Waals surface area contributed by atoms with Crippen molar-refractivity contribution in [3.63, 3.8) is 0 Å². The minimum Gasteiger partial charge on any atom is -0.394 e. The Morgan fingerprint density at radius 3 is 2.80 bits per heavy atom. The third-order valence-corrected chi connectivity index (χ3v) is 3.24. The second kappa shape index (κ2) is 5.71. The molecular formula is C15H16N4O. The first-order chi connectivity index (χ1) is 9.86. The number of benzene rings is 1. The van der Waals surface area contributed by atoms with Crippen molar-refractivity contribution in [2.45, 2.75) is 12.5 Å². The lowest BCUT2D eigenvalue weighted by Crippen LogP contribution is -2.27. The van der Waals surface area contributed by atoms with Crippen LogP contribution < -0.4 is 5.32 Å². The van der Waals surface area contributed by atoms with E-state index in [1.54, 1.807) is 0 Å². The predicted octanol–water partition coefficient (Wildman–Crippen LogP) is 1.97. The number of aliphatic hydroxyl groups is 1. The van der Waals surface area contributed by atoms with Gasteiger partial charge in [-0.3, -0.25) is 0 Å². The monoisotopic (exact) mass is 268 g/mol. The maximum atomic E-state index is 9.56. The van der Waals surface area contributed by atoms with Crippen molar-refractivity contribution < 1.29 is 5.11 Å². The van der Waals surface area contributed by atoms with Gasteiger partial charge in [0, 0.05) is 6.20 Å². The lowest BCUT2D eigenvalue weighted by Gasteiger charge is -2.17. The zero-order valence-electron chi connectivity index (χ0n) is 11.0. The van der Waals surface area contributed by atoms with E-state index >= 15 is 0 Å². The molecule has 0 bridgehead atoms. The molecular weight excluding hydrogens is 252 g/mol. The van der Waals surface area contributed by atoms with Gasteiger partial charge in [-0.25, -0.2) is 9.97 Å². The molecule has 5 nitrogen and oxygen atoms in total. The van der Waals surface area contributed by atoms with E-state index in [9.17, 15) is 5.11 Å². The lowest BCUT2D eigenvalue weighted by molar-refractivity contribution is 0.273. The largest absolute Gasteiger partial charge is 0.394 e. The standard InChI is InChI=1S/C15H16N4O/c20-9-12(8-11-4-2-1-3-5-11)19-15-13-6-7-16-14(13)17-10-18-15/h1-7,10,12,20H,8-9H2,(H2,16,17,18,19)/t12-/m0/s1. The number of fused-ring (bicyclic) bond motifs is 1. The molecule has 20 heavy (non-hydrogen) atoms. The molecule has 0 unspecified atom stereocenters. The van der Waals surface area contributed by atoms with E-state index in [1.807, 2.05) is 30.5 Å². The highest BCUT2D eigenvalue weighted by molar-refractivity contribution is 5.86. The summed E-state index contributed by atoms with van der Waals surface area (Å²) >= 11 is 0. The molecule has 0 amide bonds. The average molecular weight is 268 g/mol. The summed E-state index contributed by atoms with van der Waals surface area (Å²) in [4.78, 5) is 11.5. The fourth-order valence-corrected chi connectivity index (χ4v) is 2.24. The Balaban J connectivity index is 1.79. The van der Waals surface area contributed by atoms with E-state index < -0.39 is 0 Å². The second-order valence-corrected chi connectivity index (χ2v) is 4.68. The van der Waals surface area contributed by atoms with E-state index in [2.05, 4.69) is 32.4 Å². The molecule has 3 rings (SSSR count).